The maximum absolute atomic E-state index is 6.09. The monoisotopic (exact) mass is 335 g/mol. The summed E-state index contributed by atoms with van der Waals surface area (Å²) in [5, 5.41) is 0. The number of thiophene rings is 1. The van der Waals surface area contributed by atoms with Crippen LogP contribution in [-0.2, 0) is 0 Å². The van der Waals surface area contributed by atoms with Crippen LogP contribution in [-0.4, -0.2) is 23.4 Å². The minimum atomic E-state index is 0.235. The van der Waals surface area contributed by atoms with Gasteiger partial charge in [0.1, 0.15) is 4.34 Å². The smallest absolute Gasteiger partial charge is 0.192 e. The third-order valence-corrected chi connectivity index (χ3v) is 5.66. The molecule has 2 heterocycles. The third kappa shape index (κ3) is 2.46. The highest BCUT2D eigenvalue weighted by atomic mass is 79.9. The predicted octanol–water partition coefficient (Wildman–Crippen LogP) is 3.63. The van der Waals surface area contributed by atoms with Gasteiger partial charge in [-0.2, -0.15) is 0 Å². The van der Waals surface area contributed by atoms with Gasteiger partial charge in [0, 0.05) is 15.4 Å². The van der Waals surface area contributed by atoms with E-state index < -0.39 is 0 Å². The average molecular weight is 337 g/mol. The predicted molar refractivity (Wildman–Crippen MR) is 77.9 cm³/mol. The summed E-state index contributed by atoms with van der Waals surface area (Å²) in [5.41, 5.74) is 5.96. The molecule has 1 aliphatic rings. The largest absolute Gasteiger partial charge is 0.370 e. The molecule has 94 valence electrons. The van der Waals surface area contributed by atoms with Crippen molar-refractivity contribution in [3.8, 4) is 0 Å². The lowest BCUT2D eigenvalue weighted by atomic mass is 10.1. The van der Waals surface area contributed by atoms with Crippen LogP contribution < -0.4 is 5.73 Å². The molecule has 1 aromatic heterocycles. The van der Waals surface area contributed by atoms with Gasteiger partial charge in [0.25, 0.3) is 0 Å². The van der Waals surface area contributed by atoms with Crippen molar-refractivity contribution in [3.63, 3.8) is 0 Å². The Labute approximate surface area is 119 Å². The molecule has 1 aromatic rings. The summed E-state index contributed by atoms with van der Waals surface area (Å²) < 4.78 is 1.74. The molecule has 1 aliphatic heterocycles. The van der Waals surface area contributed by atoms with Crippen molar-refractivity contribution in [2.24, 2.45) is 10.7 Å². The summed E-state index contributed by atoms with van der Waals surface area (Å²) in [6.07, 6.45) is 1.05. The van der Waals surface area contributed by atoms with Crippen LogP contribution in [0.25, 0.3) is 0 Å². The standard InChI is InChI=1S/C11H15BrClN3S/c1-3-6(2)16-8(5-15-11(16)14)9-4-7(12)10(13)17-9/h4,6,8H,3,5H2,1-2H3,(H2,14,15). The van der Waals surface area contributed by atoms with Gasteiger partial charge in [-0.3, -0.25) is 4.99 Å². The Bertz CT molecular complexity index is 426. The number of guanidine groups is 1. The van der Waals surface area contributed by atoms with Gasteiger partial charge in [-0.1, -0.05) is 18.5 Å². The van der Waals surface area contributed by atoms with E-state index in [1.807, 2.05) is 0 Å². The zero-order chi connectivity index (χ0) is 12.6. The number of halogens is 2. The highest BCUT2D eigenvalue weighted by Crippen LogP contribution is 2.39. The van der Waals surface area contributed by atoms with E-state index in [-0.39, 0.29) is 6.04 Å². The Kier molecular flexibility index (Phi) is 4.00. The Hall–Kier alpha value is -0.260. The third-order valence-electron chi connectivity index (χ3n) is 3.08. The molecular formula is C11H15BrClN3S. The molecule has 0 saturated heterocycles. The van der Waals surface area contributed by atoms with Gasteiger partial charge in [-0.05, 0) is 35.3 Å². The quantitative estimate of drug-likeness (QED) is 0.915. The molecule has 0 saturated carbocycles. The summed E-state index contributed by atoms with van der Waals surface area (Å²) in [7, 11) is 0. The Morgan fingerprint density at radius 2 is 2.47 bits per heavy atom. The molecule has 0 aliphatic carbocycles. The van der Waals surface area contributed by atoms with Gasteiger partial charge in [0.15, 0.2) is 5.96 Å². The number of hydrogen-bond acceptors (Lipinski definition) is 4. The van der Waals surface area contributed by atoms with Crippen LogP contribution in [0.4, 0.5) is 0 Å². The van der Waals surface area contributed by atoms with Crippen LogP contribution in [0.3, 0.4) is 0 Å². The fourth-order valence-corrected chi connectivity index (χ4v) is 3.82. The Morgan fingerprint density at radius 1 is 1.76 bits per heavy atom. The molecule has 0 amide bonds. The molecule has 0 bridgehead atoms. The van der Waals surface area contributed by atoms with E-state index in [2.05, 4.69) is 45.7 Å². The van der Waals surface area contributed by atoms with Gasteiger partial charge < -0.3 is 10.6 Å². The summed E-state index contributed by atoms with van der Waals surface area (Å²) in [6, 6.07) is 2.70. The lowest BCUT2D eigenvalue weighted by molar-refractivity contribution is 0.271. The van der Waals surface area contributed by atoms with Gasteiger partial charge >= 0.3 is 0 Å². The van der Waals surface area contributed by atoms with Crippen molar-refractivity contribution >= 4 is 44.8 Å². The molecule has 17 heavy (non-hydrogen) atoms. The fourth-order valence-electron chi connectivity index (χ4n) is 1.99. The second kappa shape index (κ2) is 5.16. The maximum atomic E-state index is 6.09. The number of hydrogen-bond donors (Lipinski definition) is 1. The Morgan fingerprint density at radius 3 is 3.00 bits per heavy atom. The first-order valence-electron chi connectivity index (χ1n) is 5.57. The zero-order valence-corrected chi connectivity index (χ0v) is 12.9. The lowest BCUT2D eigenvalue weighted by Crippen LogP contribution is -2.41. The van der Waals surface area contributed by atoms with E-state index in [1.54, 1.807) is 11.3 Å². The van der Waals surface area contributed by atoms with Gasteiger partial charge in [0.05, 0.1) is 12.6 Å². The topological polar surface area (TPSA) is 41.6 Å². The second-order valence-electron chi connectivity index (χ2n) is 4.15. The molecule has 0 fully saturated rings. The first-order chi connectivity index (χ1) is 8.04. The Balaban J connectivity index is 2.27. The van der Waals surface area contributed by atoms with E-state index in [4.69, 9.17) is 17.3 Å². The molecule has 2 N–H and O–H groups in total. The average Bonchev–Trinajstić information content (AvgIpc) is 2.82. The van der Waals surface area contributed by atoms with Crippen LogP contribution in [0.5, 0.6) is 0 Å². The van der Waals surface area contributed by atoms with Crippen molar-refractivity contribution in [1.29, 1.82) is 0 Å². The summed E-state index contributed by atoms with van der Waals surface area (Å²) >= 11 is 11.1. The normalized spacial score (nSPS) is 21.8. The molecule has 2 unspecified atom stereocenters. The maximum Gasteiger partial charge on any atom is 0.192 e. The molecule has 3 nitrogen and oxygen atoms in total. The lowest BCUT2D eigenvalue weighted by Gasteiger charge is -2.31. The van der Waals surface area contributed by atoms with E-state index in [1.165, 1.54) is 4.88 Å². The van der Waals surface area contributed by atoms with Crippen molar-refractivity contribution in [1.82, 2.24) is 4.90 Å². The minimum Gasteiger partial charge on any atom is -0.370 e. The van der Waals surface area contributed by atoms with Crippen LogP contribution in [0.1, 0.15) is 31.2 Å². The first kappa shape index (κ1) is 13.2. The second-order valence-corrected chi connectivity index (χ2v) is 6.69. The number of rotatable bonds is 3. The summed E-state index contributed by atoms with van der Waals surface area (Å²) in [6.45, 7) is 5.05. The summed E-state index contributed by atoms with van der Waals surface area (Å²) in [4.78, 5) is 7.76. The van der Waals surface area contributed by atoms with Gasteiger partial charge in [-0.25, -0.2) is 0 Å². The van der Waals surface area contributed by atoms with Crippen molar-refractivity contribution in [2.45, 2.75) is 32.4 Å². The molecule has 6 heteroatoms. The molecule has 0 aromatic carbocycles. The number of aliphatic imine (C=N–C) groups is 1. The van der Waals surface area contributed by atoms with E-state index >= 15 is 0 Å². The fraction of sp³-hybridized carbons (Fsp3) is 0.545. The molecule has 2 rings (SSSR count). The molecule has 0 spiro atoms. The first-order valence-corrected chi connectivity index (χ1v) is 7.56. The van der Waals surface area contributed by atoms with Crippen LogP contribution in [0, 0.1) is 0 Å². The summed E-state index contributed by atoms with van der Waals surface area (Å²) in [5.74, 6) is 0.644. The van der Waals surface area contributed by atoms with Crippen molar-refractivity contribution < 1.29 is 0 Å². The molecular weight excluding hydrogens is 322 g/mol. The van der Waals surface area contributed by atoms with Crippen LogP contribution in [0.15, 0.2) is 15.5 Å². The molecule has 2 atom stereocenters. The van der Waals surface area contributed by atoms with E-state index in [0.29, 0.717) is 12.0 Å². The van der Waals surface area contributed by atoms with E-state index in [0.717, 1.165) is 21.8 Å². The molecule has 0 radical (unpaired) electrons. The van der Waals surface area contributed by atoms with E-state index in [9.17, 15) is 0 Å². The van der Waals surface area contributed by atoms with Gasteiger partial charge in [0.2, 0.25) is 0 Å². The number of nitrogens with zero attached hydrogens (tertiary/aromatic N) is 2. The highest BCUT2D eigenvalue weighted by Gasteiger charge is 2.31. The van der Waals surface area contributed by atoms with Gasteiger partial charge in [-0.15, -0.1) is 11.3 Å². The van der Waals surface area contributed by atoms with Crippen molar-refractivity contribution in [3.05, 3.63) is 19.8 Å². The SMILES string of the molecule is CCC(C)N1C(N)=NCC1c1cc(Br)c(Cl)s1. The zero-order valence-electron chi connectivity index (χ0n) is 9.78. The number of nitrogens with two attached hydrogens (primary N) is 1. The van der Waals surface area contributed by atoms with Crippen LogP contribution in [0.2, 0.25) is 4.34 Å². The van der Waals surface area contributed by atoms with Crippen molar-refractivity contribution in [2.75, 3.05) is 6.54 Å². The minimum absolute atomic E-state index is 0.235. The van der Waals surface area contributed by atoms with Crippen LogP contribution >= 0.6 is 38.9 Å². The highest BCUT2D eigenvalue weighted by molar-refractivity contribution is 9.10.